The molecule has 3 rings (SSSR count). The van der Waals surface area contributed by atoms with Crippen molar-refractivity contribution in [2.45, 2.75) is 49.5 Å². The average Bonchev–Trinajstić information content (AvgIpc) is 2.74. The first-order valence-corrected chi connectivity index (χ1v) is 11.5. The highest BCUT2D eigenvalue weighted by Crippen LogP contribution is 2.27. The molecule has 2 heterocycles. The Balaban J connectivity index is 1.66. The predicted octanol–water partition coefficient (Wildman–Crippen LogP) is 2.16. The molecular weight excluding hydrogens is 390 g/mol. The Hall–Kier alpha value is -2.19. The highest BCUT2D eigenvalue weighted by molar-refractivity contribution is 7.89. The SMILES string of the molecule is C=CC(=O)NC1(C)CCN(S(=O)(=O)c2ccc(C(=O)N3CCCCC3)cc2)CC1. The van der Waals surface area contributed by atoms with Gasteiger partial charge in [-0.05, 0) is 69.4 Å². The lowest BCUT2D eigenvalue weighted by Gasteiger charge is -2.39. The van der Waals surface area contributed by atoms with E-state index in [4.69, 9.17) is 0 Å². The summed E-state index contributed by atoms with van der Waals surface area (Å²) in [4.78, 5) is 26.2. The molecule has 0 spiro atoms. The molecule has 0 saturated carbocycles. The van der Waals surface area contributed by atoms with Crippen molar-refractivity contribution in [2.75, 3.05) is 26.2 Å². The van der Waals surface area contributed by atoms with Gasteiger partial charge in [-0.15, -0.1) is 0 Å². The molecule has 0 radical (unpaired) electrons. The number of carbonyl (C=O) groups excluding carboxylic acids is 2. The summed E-state index contributed by atoms with van der Waals surface area (Å²) in [5.41, 5.74) is 0.0753. The number of hydrogen-bond donors (Lipinski definition) is 1. The summed E-state index contributed by atoms with van der Waals surface area (Å²) >= 11 is 0. The summed E-state index contributed by atoms with van der Waals surface area (Å²) in [6, 6.07) is 6.23. The number of likely N-dealkylation sites (tertiary alicyclic amines) is 1. The molecule has 0 unspecified atom stereocenters. The van der Waals surface area contributed by atoms with Crippen LogP contribution in [-0.2, 0) is 14.8 Å². The minimum absolute atomic E-state index is 0.0413. The van der Waals surface area contributed by atoms with Crippen LogP contribution in [0, 0.1) is 0 Å². The second-order valence-corrected chi connectivity index (χ2v) is 9.97. The smallest absolute Gasteiger partial charge is 0.253 e. The fraction of sp³-hybridized carbons (Fsp3) is 0.524. The van der Waals surface area contributed by atoms with E-state index in [1.807, 2.05) is 11.8 Å². The molecule has 1 aromatic rings. The summed E-state index contributed by atoms with van der Waals surface area (Å²) in [5, 5.41) is 2.89. The number of carbonyl (C=O) groups is 2. The number of nitrogens with one attached hydrogen (secondary N) is 1. The predicted molar refractivity (Wildman–Crippen MR) is 111 cm³/mol. The van der Waals surface area contributed by atoms with E-state index in [0.29, 0.717) is 31.5 Å². The number of piperidine rings is 2. The molecule has 0 aliphatic carbocycles. The molecule has 1 aromatic carbocycles. The molecule has 0 aromatic heterocycles. The van der Waals surface area contributed by atoms with Gasteiger partial charge < -0.3 is 10.2 Å². The molecule has 2 amide bonds. The first-order valence-electron chi connectivity index (χ1n) is 10.1. The van der Waals surface area contributed by atoms with Crippen molar-refractivity contribution in [2.24, 2.45) is 0 Å². The summed E-state index contributed by atoms with van der Waals surface area (Å²) in [6.07, 6.45) is 5.45. The molecular formula is C21H29N3O4S. The van der Waals surface area contributed by atoms with Gasteiger partial charge in [-0.1, -0.05) is 6.58 Å². The Morgan fingerprint density at radius 2 is 1.62 bits per heavy atom. The van der Waals surface area contributed by atoms with Gasteiger partial charge in [-0.3, -0.25) is 9.59 Å². The molecule has 0 bridgehead atoms. The number of rotatable bonds is 5. The Labute approximate surface area is 172 Å². The number of nitrogens with zero attached hydrogens (tertiary/aromatic N) is 2. The summed E-state index contributed by atoms with van der Waals surface area (Å²) in [5.74, 6) is -0.293. The monoisotopic (exact) mass is 419 g/mol. The quantitative estimate of drug-likeness (QED) is 0.741. The molecule has 2 saturated heterocycles. The van der Waals surface area contributed by atoms with Gasteiger partial charge in [-0.25, -0.2) is 8.42 Å². The van der Waals surface area contributed by atoms with Gasteiger partial charge in [0.15, 0.2) is 0 Å². The van der Waals surface area contributed by atoms with Gasteiger partial charge in [0.25, 0.3) is 5.91 Å². The fourth-order valence-electron chi connectivity index (χ4n) is 3.89. The third kappa shape index (κ3) is 4.87. The first kappa shape index (κ1) is 21.5. The standard InChI is InChI=1S/C21H29N3O4S/c1-3-19(25)22-21(2)11-15-24(16-12-21)29(27,28)18-9-7-17(8-10-18)20(26)23-13-5-4-6-14-23/h3,7-10H,1,4-6,11-16H2,2H3,(H,22,25). The minimum atomic E-state index is -3.64. The second-order valence-electron chi connectivity index (χ2n) is 8.04. The van der Waals surface area contributed by atoms with Crippen LogP contribution in [0.25, 0.3) is 0 Å². The Kier molecular flexibility index (Phi) is 6.43. The van der Waals surface area contributed by atoms with E-state index in [-0.39, 0.29) is 16.7 Å². The van der Waals surface area contributed by atoms with Crippen molar-refractivity contribution in [1.82, 2.24) is 14.5 Å². The molecule has 2 aliphatic rings. The normalized spacial score (nSPS) is 20.1. The lowest BCUT2D eigenvalue weighted by molar-refractivity contribution is -0.118. The topological polar surface area (TPSA) is 86.8 Å². The van der Waals surface area contributed by atoms with Crippen LogP contribution in [0.2, 0.25) is 0 Å². The number of benzene rings is 1. The van der Waals surface area contributed by atoms with Gasteiger partial charge in [0.2, 0.25) is 15.9 Å². The van der Waals surface area contributed by atoms with E-state index < -0.39 is 15.6 Å². The van der Waals surface area contributed by atoms with E-state index in [1.165, 1.54) is 22.5 Å². The van der Waals surface area contributed by atoms with Gasteiger partial charge in [0, 0.05) is 37.3 Å². The minimum Gasteiger partial charge on any atom is -0.347 e. The summed E-state index contributed by atoms with van der Waals surface area (Å²) < 4.78 is 27.4. The zero-order valence-electron chi connectivity index (χ0n) is 16.9. The van der Waals surface area contributed by atoms with Crippen LogP contribution in [0.5, 0.6) is 0 Å². The van der Waals surface area contributed by atoms with Gasteiger partial charge in [0.1, 0.15) is 0 Å². The second kappa shape index (κ2) is 8.67. The van der Waals surface area contributed by atoms with E-state index in [1.54, 1.807) is 12.1 Å². The molecule has 2 aliphatic heterocycles. The molecule has 2 fully saturated rings. The van der Waals surface area contributed by atoms with Crippen LogP contribution in [0.4, 0.5) is 0 Å². The third-order valence-electron chi connectivity index (χ3n) is 5.82. The number of sulfonamides is 1. The number of amides is 2. The highest BCUT2D eigenvalue weighted by atomic mass is 32.2. The van der Waals surface area contributed by atoms with Crippen molar-refractivity contribution in [3.8, 4) is 0 Å². The van der Waals surface area contributed by atoms with Crippen molar-refractivity contribution in [1.29, 1.82) is 0 Å². The van der Waals surface area contributed by atoms with E-state index in [0.717, 1.165) is 32.4 Å². The van der Waals surface area contributed by atoms with Crippen LogP contribution >= 0.6 is 0 Å². The maximum Gasteiger partial charge on any atom is 0.253 e. The largest absolute Gasteiger partial charge is 0.347 e. The molecule has 29 heavy (non-hydrogen) atoms. The Bertz CT molecular complexity index is 866. The molecule has 8 heteroatoms. The van der Waals surface area contributed by atoms with Crippen molar-refractivity contribution < 1.29 is 18.0 Å². The van der Waals surface area contributed by atoms with Crippen molar-refractivity contribution in [3.63, 3.8) is 0 Å². The van der Waals surface area contributed by atoms with Crippen LogP contribution < -0.4 is 5.32 Å². The summed E-state index contributed by atoms with van der Waals surface area (Å²) in [7, 11) is -3.64. The van der Waals surface area contributed by atoms with Gasteiger partial charge in [-0.2, -0.15) is 4.31 Å². The maximum atomic E-state index is 13.0. The molecule has 158 valence electrons. The first-order chi connectivity index (χ1) is 13.7. The average molecular weight is 420 g/mol. The van der Waals surface area contributed by atoms with E-state index in [9.17, 15) is 18.0 Å². The van der Waals surface area contributed by atoms with Crippen molar-refractivity contribution >= 4 is 21.8 Å². The highest BCUT2D eigenvalue weighted by Gasteiger charge is 2.36. The lowest BCUT2D eigenvalue weighted by atomic mass is 9.90. The summed E-state index contributed by atoms with van der Waals surface area (Å²) in [6.45, 7) is 7.53. The Morgan fingerprint density at radius 3 is 2.17 bits per heavy atom. The van der Waals surface area contributed by atoms with E-state index >= 15 is 0 Å². The zero-order chi connectivity index (χ0) is 21.1. The third-order valence-corrected chi connectivity index (χ3v) is 7.73. The fourth-order valence-corrected chi connectivity index (χ4v) is 5.33. The van der Waals surface area contributed by atoms with Crippen LogP contribution in [0.15, 0.2) is 41.8 Å². The zero-order valence-corrected chi connectivity index (χ0v) is 17.7. The van der Waals surface area contributed by atoms with Crippen LogP contribution in [0.3, 0.4) is 0 Å². The molecule has 7 nitrogen and oxygen atoms in total. The maximum absolute atomic E-state index is 13.0. The van der Waals surface area contributed by atoms with Gasteiger partial charge in [0.05, 0.1) is 4.90 Å². The molecule has 0 atom stereocenters. The number of hydrogen-bond acceptors (Lipinski definition) is 4. The van der Waals surface area contributed by atoms with Crippen LogP contribution in [0.1, 0.15) is 49.4 Å². The van der Waals surface area contributed by atoms with Gasteiger partial charge >= 0.3 is 0 Å². The van der Waals surface area contributed by atoms with Crippen molar-refractivity contribution in [3.05, 3.63) is 42.5 Å². The molecule has 1 N–H and O–H groups in total. The Morgan fingerprint density at radius 1 is 1.03 bits per heavy atom. The lowest BCUT2D eigenvalue weighted by Crippen LogP contribution is -2.53. The van der Waals surface area contributed by atoms with E-state index in [2.05, 4.69) is 11.9 Å². The van der Waals surface area contributed by atoms with Crippen LogP contribution in [-0.4, -0.2) is 61.2 Å².